The van der Waals surface area contributed by atoms with Crippen LogP contribution in [-0.2, 0) is 14.8 Å². The third-order valence-corrected chi connectivity index (χ3v) is 8.02. The molecule has 10 heteroatoms. The summed E-state index contributed by atoms with van der Waals surface area (Å²) in [5, 5.41) is 2.86. The van der Waals surface area contributed by atoms with Gasteiger partial charge in [-0.25, -0.2) is 13.4 Å². The van der Waals surface area contributed by atoms with Gasteiger partial charge in [0, 0.05) is 29.0 Å². The van der Waals surface area contributed by atoms with Gasteiger partial charge in [0.25, 0.3) is 10.0 Å². The van der Waals surface area contributed by atoms with Gasteiger partial charge in [-0.3, -0.25) is 9.52 Å². The van der Waals surface area contributed by atoms with Crippen molar-refractivity contribution >= 4 is 50.0 Å². The van der Waals surface area contributed by atoms with E-state index in [1.54, 1.807) is 36.0 Å². The van der Waals surface area contributed by atoms with Gasteiger partial charge in [0.2, 0.25) is 11.0 Å². The summed E-state index contributed by atoms with van der Waals surface area (Å²) in [6, 6.07) is 23.9. The first-order valence-electron chi connectivity index (χ1n) is 10.4. The minimum Gasteiger partial charge on any atom is -0.326 e. The van der Waals surface area contributed by atoms with Gasteiger partial charge in [-0.2, -0.15) is 4.37 Å². The van der Waals surface area contributed by atoms with Gasteiger partial charge in [0.1, 0.15) is 0 Å². The second-order valence-corrected chi connectivity index (χ2v) is 11.3. The minimum atomic E-state index is -3.78. The summed E-state index contributed by atoms with van der Waals surface area (Å²) in [5.41, 5.74) is 2.68. The van der Waals surface area contributed by atoms with Crippen molar-refractivity contribution in [2.24, 2.45) is 0 Å². The van der Waals surface area contributed by atoms with Gasteiger partial charge in [-0.05, 0) is 54.4 Å². The molecule has 7 nitrogen and oxygen atoms in total. The fourth-order valence-electron chi connectivity index (χ4n) is 3.15. The van der Waals surface area contributed by atoms with E-state index in [4.69, 9.17) is 0 Å². The molecule has 174 valence electrons. The summed E-state index contributed by atoms with van der Waals surface area (Å²) in [7, 11) is -3.78. The molecule has 0 radical (unpaired) electrons. The predicted molar refractivity (Wildman–Crippen MR) is 138 cm³/mol. The second-order valence-electron chi connectivity index (χ2n) is 7.42. The van der Waals surface area contributed by atoms with Crippen LogP contribution in [0, 0.1) is 0 Å². The first-order valence-corrected chi connectivity index (χ1v) is 13.5. The summed E-state index contributed by atoms with van der Waals surface area (Å²) >= 11 is 2.55. The lowest BCUT2D eigenvalue weighted by atomic mass is 10.1. The Morgan fingerprint density at radius 2 is 1.59 bits per heavy atom. The van der Waals surface area contributed by atoms with Crippen molar-refractivity contribution in [2.75, 3.05) is 10.0 Å². The van der Waals surface area contributed by atoms with Crippen LogP contribution in [0.1, 0.15) is 24.9 Å². The van der Waals surface area contributed by atoms with Crippen LogP contribution in [0.4, 0.5) is 10.8 Å². The Bertz CT molecular complexity index is 1370. The van der Waals surface area contributed by atoms with Crippen LogP contribution in [-0.4, -0.2) is 23.7 Å². The van der Waals surface area contributed by atoms with Crippen LogP contribution in [0.3, 0.4) is 0 Å². The van der Waals surface area contributed by atoms with Crippen molar-refractivity contribution in [3.05, 3.63) is 84.7 Å². The van der Waals surface area contributed by atoms with Crippen LogP contribution in [0.25, 0.3) is 11.1 Å². The van der Waals surface area contributed by atoms with Crippen LogP contribution in [0.2, 0.25) is 0 Å². The van der Waals surface area contributed by atoms with E-state index in [0.29, 0.717) is 5.82 Å². The molecule has 4 rings (SSSR count). The molecule has 0 aliphatic heterocycles. The maximum atomic E-state index is 12.8. The first kappa shape index (κ1) is 23.9. The van der Waals surface area contributed by atoms with Crippen molar-refractivity contribution in [3.63, 3.8) is 0 Å². The van der Waals surface area contributed by atoms with Crippen molar-refractivity contribution in [1.29, 1.82) is 0 Å². The Balaban J connectivity index is 1.41. The molecule has 0 aliphatic carbocycles. The lowest BCUT2D eigenvalue weighted by Gasteiger charge is -2.09. The molecule has 0 saturated heterocycles. The number of nitrogens with zero attached hydrogens (tertiary/aromatic N) is 2. The van der Waals surface area contributed by atoms with Crippen molar-refractivity contribution in [3.8, 4) is 11.1 Å². The molecule has 3 aromatic carbocycles. The van der Waals surface area contributed by atoms with Crippen LogP contribution >= 0.6 is 23.3 Å². The molecule has 1 heterocycles. The first-order chi connectivity index (χ1) is 16.3. The number of anilines is 2. The smallest absolute Gasteiger partial charge is 0.263 e. The number of sulfonamides is 1. The molecule has 1 atom stereocenters. The van der Waals surface area contributed by atoms with Gasteiger partial charge < -0.3 is 5.32 Å². The Morgan fingerprint density at radius 3 is 2.24 bits per heavy atom. The normalized spacial score (nSPS) is 12.2. The summed E-state index contributed by atoms with van der Waals surface area (Å²) < 4.78 is 32.5. The number of amides is 1. The van der Waals surface area contributed by atoms with Gasteiger partial charge in [-0.15, -0.1) is 11.8 Å². The number of rotatable bonds is 8. The van der Waals surface area contributed by atoms with Crippen LogP contribution in [0.5, 0.6) is 0 Å². The number of aromatic nitrogens is 2. The van der Waals surface area contributed by atoms with E-state index >= 15 is 0 Å². The fraction of sp³-hybridized carbons (Fsp3) is 0.125. The van der Waals surface area contributed by atoms with E-state index in [9.17, 15) is 13.2 Å². The van der Waals surface area contributed by atoms with Crippen LogP contribution in [0.15, 0.2) is 88.7 Å². The molecule has 1 unspecified atom stereocenters. The number of thioether (sulfide) groups is 1. The Hall–Kier alpha value is -3.21. The highest BCUT2D eigenvalue weighted by atomic mass is 32.2. The molecule has 0 fully saturated rings. The molecule has 0 spiro atoms. The number of carbonyl (C=O) groups is 1. The lowest BCUT2D eigenvalue weighted by Crippen LogP contribution is -2.12. The maximum Gasteiger partial charge on any atom is 0.263 e. The Morgan fingerprint density at radius 1 is 0.941 bits per heavy atom. The van der Waals surface area contributed by atoms with E-state index < -0.39 is 10.0 Å². The zero-order valence-electron chi connectivity index (χ0n) is 18.4. The van der Waals surface area contributed by atoms with E-state index in [-0.39, 0.29) is 21.2 Å². The summed E-state index contributed by atoms with van der Waals surface area (Å²) in [6.45, 7) is 3.42. The minimum absolute atomic E-state index is 0.0914. The second kappa shape index (κ2) is 10.4. The van der Waals surface area contributed by atoms with Crippen molar-refractivity contribution < 1.29 is 13.2 Å². The molecule has 34 heavy (non-hydrogen) atoms. The number of hydrogen-bond donors (Lipinski definition) is 2. The largest absolute Gasteiger partial charge is 0.326 e. The molecule has 4 aromatic rings. The SMILES string of the molecule is CC(=O)Nc1ccc(SC(C)c2nsc(NS(=O)(=O)c3ccc(-c4ccccc4)cc3)n2)cc1. The van der Waals surface area contributed by atoms with Gasteiger partial charge in [0.05, 0.1) is 10.1 Å². The third-order valence-electron chi connectivity index (χ3n) is 4.79. The highest BCUT2D eigenvalue weighted by Crippen LogP contribution is 2.35. The van der Waals surface area contributed by atoms with Gasteiger partial charge in [0.15, 0.2) is 5.82 Å². The zero-order valence-corrected chi connectivity index (χ0v) is 20.9. The number of hydrogen-bond acceptors (Lipinski definition) is 7. The van der Waals surface area contributed by atoms with Crippen molar-refractivity contribution in [1.82, 2.24) is 9.36 Å². The van der Waals surface area contributed by atoms with Crippen LogP contribution < -0.4 is 10.0 Å². The molecule has 1 amide bonds. The van der Waals surface area contributed by atoms with E-state index in [2.05, 4.69) is 19.4 Å². The number of benzene rings is 3. The Kier molecular flexibility index (Phi) is 7.30. The fourth-order valence-corrected chi connectivity index (χ4v) is 6.01. The maximum absolute atomic E-state index is 12.8. The monoisotopic (exact) mass is 510 g/mol. The average molecular weight is 511 g/mol. The molecular weight excluding hydrogens is 488 g/mol. The molecular formula is C24H22N4O3S3. The van der Waals surface area contributed by atoms with Gasteiger partial charge >= 0.3 is 0 Å². The van der Waals surface area contributed by atoms with E-state index in [1.165, 1.54) is 6.92 Å². The van der Waals surface area contributed by atoms with E-state index in [0.717, 1.165) is 33.2 Å². The highest BCUT2D eigenvalue weighted by molar-refractivity contribution is 7.99. The third kappa shape index (κ3) is 6.02. The molecule has 0 saturated carbocycles. The van der Waals surface area contributed by atoms with Crippen molar-refractivity contribution in [2.45, 2.75) is 28.9 Å². The van der Waals surface area contributed by atoms with E-state index in [1.807, 2.05) is 61.5 Å². The molecule has 0 aliphatic rings. The zero-order chi connectivity index (χ0) is 24.1. The highest BCUT2D eigenvalue weighted by Gasteiger charge is 2.19. The lowest BCUT2D eigenvalue weighted by molar-refractivity contribution is -0.114. The topological polar surface area (TPSA) is 101 Å². The standard InChI is InChI=1S/C24H22N4O3S3/c1-16(32-21-12-10-20(11-13-21)25-17(2)29)23-26-24(33-27-23)28-34(30,31)22-14-8-19(9-15-22)18-6-4-3-5-7-18/h3-16H,1-2H3,(H,25,29)(H,26,27,28). The predicted octanol–water partition coefficient (Wildman–Crippen LogP) is 5.82. The molecule has 2 N–H and O–H groups in total. The summed E-state index contributed by atoms with van der Waals surface area (Å²) in [5.74, 6) is 0.417. The summed E-state index contributed by atoms with van der Waals surface area (Å²) in [6.07, 6.45) is 0. The quantitative estimate of drug-likeness (QED) is 0.290. The van der Waals surface area contributed by atoms with Gasteiger partial charge in [-0.1, -0.05) is 42.5 Å². The summed E-state index contributed by atoms with van der Waals surface area (Å²) in [4.78, 5) is 16.7. The average Bonchev–Trinajstić information content (AvgIpc) is 3.29. The number of carbonyl (C=O) groups excluding carboxylic acids is 1. The molecule has 0 bridgehead atoms. The molecule has 1 aromatic heterocycles. The Labute approximate surface area is 206 Å². The number of nitrogens with one attached hydrogen (secondary N) is 2.